The van der Waals surface area contributed by atoms with Gasteiger partial charge in [0.05, 0.1) is 0 Å². The number of nitrogens with zero attached hydrogens (tertiary/aromatic N) is 2. The quantitative estimate of drug-likeness (QED) is 0.871. The van der Waals surface area contributed by atoms with Crippen molar-refractivity contribution in [3.8, 4) is 0 Å². The summed E-state index contributed by atoms with van der Waals surface area (Å²) < 4.78 is 5.36. The van der Waals surface area contributed by atoms with E-state index in [9.17, 15) is 0 Å². The Morgan fingerprint density at radius 3 is 2.67 bits per heavy atom. The van der Waals surface area contributed by atoms with Crippen LogP contribution in [-0.2, 0) is 0 Å². The predicted molar refractivity (Wildman–Crippen MR) is 82.3 cm³/mol. The molecule has 2 fully saturated rings. The lowest BCUT2D eigenvalue weighted by Gasteiger charge is -2.17. The van der Waals surface area contributed by atoms with Gasteiger partial charge in [-0.25, -0.2) is 0 Å². The maximum atomic E-state index is 5.67. The average Bonchev–Trinajstić information content (AvgIpc) is 3.22. The van der Waals surface area contributed by atoms with Gasteiger partial charge in [-0.1, -0.05) is 23.7 Å². The van der Waals surface area contributed by atoms with Crippen molar-refractivity contribution in [2.75, 3.05) is 5.73 Å². The van der Waals surface area contributed by atoms with Crippen LogP contribution < -0.4 is 5.73 Å². The average molecular weight is 281 g/mol. The van der Waals surface area contributed by atoms with Crippen molar-refractivity contribution in [3.05, 3.63) is 41.5 Å². The molecule has 2 aromatic rings. The zero-order chi connectivity index (χ0) is 14.2. The van der Waals surface area contributed by atoms with Gasteiger partial charge < -0.3 is 10.3 Å². The first-order valence-electron chi connectivity index (χ1n) is 7.65. The summed E-state index contributed by atoms with van der Waals surface area (Å²) in [5, 5.41) is 4.19. The molecule has 3 atom stereocenters. The van der Waals surface area contributed by atoms with E-state index in [4.69, 9.17) is 10.3 Å². The van der Waals surface area contributed by atoms with E-state index in [0.29, 0.717) is 11.8 Å². The molecule has 108 valence electrons. The number of rotatable bonds is 3. The molecule has 4 nitrogen and oxygen atoms in total. The van der Waals surface area contributed by atoms with E-state index in [0.717, 1.165) is 28.9 Å². The van der Waals surface area contributed by atoms with Gasteiger partial charge in [-0.15, -0.1) is 0 Å². The van der Waals surface area contributed by atoms with Crippen molar-refractivity contribution < 1.29 is 4.52 Å². The number of benzene rings is 1. The highest BCUT2D eigenvalue weighted by Crippen LogP contribution is 2.52. The van der Waals surface area contributed by atoms with Gasteiger partial charge in [0.15, 0.2) is 5.82 Å². The first kappa shape index (κ1) is 12.6. The Labute approximate surface area is 124 Å². The molecule has 4 heteroatoms. The second kappa shape index (κ2) is 5.02. The van der Waals surface area contributed by atoms with Crippen LogP contribution >= 0.6 is 0 Å². The molecule has 2 aliphatic carbocycles. The molecule has 1 heterocycles. The van der Waals surface area contributed by atoms with Crippen LogP contribution in [0.15, 0.2) is 28.8 Å². The van der Waals surface area contributed by atoms with Crippen LogP contribution in [0.1, 0.15) is 48.9 Å². The van der Waals surface area contributed by atoms with E-state index in [-0.39, 0.29) is 0 Å². The lowest BCUT2D eigenvalue weighted by molar-refractivity contribution is 0.365. The van der Waals surface area contributed by atoms with E-state index >= 15 is 0 Å². The van der Waals surface area contributed by atoms with Crippen LogP contribution in [0.3, 0.4) is 0 Å². The Balaban J connectivity index is 1.48. The largest absolute Gasteiger partial charge is 0.399 e. The first-order chi connectivity index (χ1) is 10.3. The molecule has 2 bridgehead atoms. The molecule has 2 aliphatic rings. The summed E-state index contributed by atoms with van der Waals surface area (Å²) in [6.07, 6.45) is 9.16. The van der Waals surface area contributed by atoms with Gasteiger partial charge in [-0.2, -0.15) is 4.98 Å². The van der Waals surface area contributed by atoms with Crippen molar-refractivity contribution in [2.24, 2.45) is 11.8 Å². The molecule has 2 saturated carbocycles. The normalized spacial score (nSPS) is 27.7. The number of nitrogens with two attached hydrogens (primary N) is 1. The monoisotopic (exact) mass is 281 g/mol. The molecule has 2 N–H and O–H groups in total. The molecule has 0 amide bonds. The van der Waals surface area contributed by atoms with Gasteiger partial charge in [0.25, 0.3) is 5.89 Å². The van der Waals surface area contributed by atoms with Crippen molar-refractivity contribution >= 4 is 17.8 Å². The molecule has 1 aromatic carbocycles. The van der Waals surface area contributed by atoms with E-state index in [2.05, 4.69) is 10.1 Å². The number of fused-ring (bicyclic) bond motifs is 2. The smallest absolute Gasteiger partial charge is 0.250 e. The van der Waals surface area contributed by atoms with Gasteiger partial charge in [0, 0.05) is 17.7 Å². The zero-order valence-electron chi connectivity index (χ0n) is 11.9. The maximum Gasteiger partial charge on any atom is 0.250 e. The minimum absolute atomic E-state index is 0.520. The van der Waals surface area contributed by atoms with E-state index in [1.54, 1.807) is 0 Å². The van der Waals surface area contributed by atoms with Crippen LogP contribution in [0.5, 0.6) is 0 Å². The van der Waals surface area contributed by atoms with E-state index in [1.807, 2.05) is 36.4 Å². The summed E-state index contributed by atoms with van der Waals surface area (Å²) in [6, 6.07) is 7.71. The van der Waals surface area contributed by atoms with Crippen molar-refractivity contribution in [2.45, 2.75) is 31.6 Å². The van der Waals surface area contributed by atoms with Crippen molar-refractivity contribution in [1.29, 1.82) is 0 Å². The molecule has 3 unspecified atom stereocenters. The highest BCUT2D eigenvalue weighted by atomic mass is 16.5. The second-order valence-corrected chi connectivity index (χ2v) is 6.27. The summed E-state index contributed by atoms with van der Waals surface area (Å²) in [6.45, 7) is 0. The van der Waals surface area contributed by atoms with Gasteiger partial charge >= 0.3 is 0 Å². The third kappa shape index (κ3) is 2.46. The Kier molecular flexibility index (Phi) is 3.02. The number of hydrogen-bond donors (Lipinski definition) is 1. The predicted octanol–water partition coefficient (Wildman–Crippen LogP) is 3.73. The zero-order valence-corrected chi connectivity index (χ0v) is 11.9. The number of aromatic nitrogens is 2. The number of anilines is 1. The minimum atomic E-state index is 0.520. The number of nitrogen functional groups attached to an aromatic ring is 1. The first-order valence-corrected chi connectivity index (χ1v) is 7.65. The van der Waals surface area contributed by atoms with Crippen LogP contribution in [0.4, 0.5) is 5.69 Å². The van der Waals surface area contributed by atoms with Crippen LogP contribution in [-0.4, -0.2) is 10.1 Å². The van der Waals surface area contributed by atoms with Crippen molar-refractivity contribution in [3.63, 3.8) is 0 Å². The van der Waals surface area contributed by atoms with Gasteiger partial charge in [0.1, 0.15) is 0 Å². The van der Waals surface area contributed by atoms with Gasteiger partial charge in [-0.05, 0) is 54.9 Å². The standard InChI is InChI=1S/C17H19N3O/c18-14-6-2-11(3-7-14)4-8-16-19-17(20-21-16)15-10-12-1-5-13(15)9-12/h2-4,6-8,12-13,15H,1,5,9-10,18H2/b8-4+. The Morgan fingerprint density at radius 1 is 1.10 bits per heavy atom. The summed E-state index contributed by atoms with van der Waals surface area (Å²) in [5.74, 6) is 3.68. The Bertz CT molecular complexity index is 659. The van der Waals surface area contributed by atoms with Crippen LogP contribution in [0.2, 0.25) is 0 Å². The SMILES string of the molecule is Nc1ccc(/C=C/c2nc(C3CC4CCC3C4)no2)cc1. The number of hydrogen-bond acceptors (Lipinski definition) is 4. The lowest BCUT2D eigenvalue weighted by Crippen LogP contribution is -2.09. The van der Waals surface area contributed by atoms with E-state index in [1.165, 1.54) is 25.7 Å². The Morgan fingerprint density at radius 2 is 1.95 bits per heavy atom. The van der Waals surface area contributed by atoms with Crippen LogP contribution in [0.25, 0.3) is 12.2 Å². The fourth-order valence-electron chi connectivity index (χ4n) is 3.80. The molecule has 0 spiro atoms. The molecular weight excluding hydrogens is 262 g/mol. The Hall–Kier alpha value is -2.10. The fraction of sp³-hybridized carbons (Fsp3) is 0.412. The van der Waals surface area contributed by atoms with E-state index < -0.39 is 0 Å². The summed E-state index contributed by atoms with van der Waals surface area (Å²) in [5.41, 5.74) is 7.51. The fourth-order valence-corrected chi connectivity index (χ4v) is 3.80. The maximum absolute atomic E-state index is 5.67. The van der Waals surface area contributed by atoms with Crippen molar-refractivity contribution in [1.82, 2.24) is 10.1 Å². The molecule has 0 radical (unpaired) electrons. The highest BCUT2D eigenvalue weighted by Gasteiger charge is 2.42. The van der Waals surface area contributed by atoms with Crippen LogP contribution in [0, 0.1) is 11.8 Å². The summed E-state index contributed by atoms with van der Waals surface area (Å²) in [4.78, 5) is 4.55. The summed E-state index contributed by atoms with van der Waals surface area (Å²) in [7, 11) is 0. The third-order valence-electron chi connectivity index (χ3n) is 4.88. The van der Waals surface area contributed by atoms with Gasteiger partial charge in [-0.3, -0.25) is 0 Å². The topological polar surface area (TPSA) is 64.9 Å². The molecular formula is C17H19N3O. The molecule has 0 aliphatic heterocycles. The minimum Gasteiger partial charge on any atom is -0.399 e. The van der Waals surface area contributed by atoms with Gasteiger partial charge in [0.2, 0.25) is 0 Å². The highest BCUT2D eigenvalue weighted by molar-refractivity contribution is 5.66. The lowest BCUT2D eigenvalue weighted by atomic mass is 9.88. The second-order valence-electron chi connectivity index (χ2n) is 6.27. The molecule has 1 aromatic heterocycles. The molecule has 0 saturated heterocycles. The third-order valence-corrected chi connectivity index (χ3v) is 4.88. The molecule has 4 rings (SSSR count). The molecule has 21 heavy (non-hydrogen) atoms. The summed E-state index contributed by atoms with van der Waals surface area (Å²) >= 11 is 0.